The molecular formula is C15H23NO. The summed E-state index contributed by atoms with van der Waals surface area (Å²) in [5.41, 5.74) is 2.37. The average molecular weight is 233 g/mol. The fourth-order valence-electron chi connectivity index (χ4n) is 1.49. The molecule has 1 amide bonds. The van der Waals surface area contributed by atoms with Crippen molar-refractivity contribution in [3.8, 4) is 0 Å². The average Bonchev–Trinajstić information content (AvgIpc) is 2.20. The van der Waals surface area contributed by atoms with Crippen molar-refractivity contribution in [2.75, 3.05) is 0 Å². The number of amides is 1. The van der Waals surface area contributed by atoms with Gasteiger partial charge in [-0.2, -0.15) is 0 Å². The van der Waals surface area contributed by atoms with Gasteiger partial charge in [0.05, 0.1) is 6.42 Å². The number of hydrogen-bond acceptors (Lipinski definition) is 1. The molecule has 2 heteroatoms. The van der Waals surface area contributed by atoms with E-state index in [2.05, 4.69) is 33.0 Å². The van der Waals surface area contributed by atoms with E-state index < -0.39 is 0 Å². The first-order valence-electron chi connectivity index (χ1n) is 6.14. The second-order valence-electron chi connectivity index (χ2n) is 5.76. The van der Waals surface area contributed by atoms with Crippen LogP contribution in [0, 0.1) is 12.3 Å². The molecule has 1 rings (SSSR count). The van der Waals surface area contributed by atoms with Crippen molar-refractivity contribution in [1.29, 1.82) is 0 Å². The van der Waals surface area contributed by atoms with E-state index in [1.165, 1.54) is 5.56 Å². The molecule has 0 aliphatic heterocycles. The van der Waals surface area contributed by atoms with E-state index in [0.29, 0.717) is 6.42 Å². The molecular weight excluding hydrogens is 210 g/mol. The summed E-state index contributed by atoms with van der Waals surface area (Å²) in [5, 5.41) is 3.06. The van der Waals surface area contributed by atoms with Gasteiger partial charge in [0.15, 0.2) is 0 Å². The highest BCUT2D eigenvalue weighted by Gasteiger charge is 2.21. The van der Waals surface area contributed by atoms with Gasteiger partial charge in [0, 0.05) is 6.04 Å². The third-order valence-corrected chi connectivity index (χ3v) is 3.29. The van der Waals surface area contributed by atoms with E-state index in [1.807, 2.05) is 31.2 Å². The maximum atomic E-state index is 11.9. The minimum Gasteiger partial charge on any atom is -0.353 e. The first-order valence-corrected chi connectivity index (χ1v) is 6.14. The Labute approximate surface area is 104 Å². The summed E-state index contributed by atoms with van der Waals surface area (Å²) >= 11 is 0. The minimum absolute atomic E-state index is 0.0986. The molecule has 0 fully saturated rings. The van der Waals surface area contributed by atoms with Gasteiger partial charge in [0.2, 0.25) is 5.91 Å². The number of aryl methyl sites for hydroxylation is 1. The fourth-order valence-corrected chi connectivity index (χ4v) is 1.49. The smallest absolute Gasteiger partial charge is 0.224 e. The molecule has 17 heavy (non-hydrogen) atoms. The molecule has 0 saturated heterocycles. The summed E-state index contributed by atoms with van der Waals surface area (Å²) in [4.78, 5) is 11.9. The van der Waals surface area contributed by atoms with Crippen LogP contribution in [0.25, 0.3) is 0 Å². The zero-order valence-electron chi connectivity index (χ0n) is 11.5. The predicted octanol–water partition coefficient (Wildman–Crippen LogP) is 3.09. The molecule has 0 spiro atoms. The van der Waals surface area contributed by atoms with Crippen molar-refractivity contribution in [1.82, 2.24) is 5.32 Å². The molecule has 0 radical (unpaired) electrons. The third kappa shape index (κ3) is 4.22. The van der Waals surface area contributed by atoms with Crippen LogP contribution in [0.4, 0.5) is 0 Å². The van der Waals surface area contributed by atoms with Gasteiger partial charge in [0.25, 0.3) is 0 Å². The zero-order valence-corrected chi connectivity index (χ0v) is 11.5. The Morgan fingerprint density at radius 2 is 1.88 bits per heavy atom. The van der Waals surface area contributed by atoms with Gasteiger partial charge >= 0.3 is 0 Å². The molecule has 0 unspecified atom stereocenters. The van der Waals surface area contributed by atoms with Crippen LogP contribution in [0.2, 0.25) is 0 Å². The van der Waals surface area contributed by atoms with Crippen LogP contribution in [-0.2, 0) is 11.2 Å². The SMILES string of the molecule is Cc1ccccc1CC(=O)N[C@@H](C)C(C)(C)C. The van der Waals surface area contributed by atoms with Crippen LogP contribution in [0.1, 0.15) is 38.8 Å². The first-order chi connectivity index (χ1) is 7.80. The van der Waals surface area contributed by atoms with Gasteiger partial charge in [-0.15, -0.1) is 0 Å². The monoisotopic (exact) mass is 233 g/mol. The van der Waals surface area contributed by atoms with Crippen LogP contribution in [-0.4, -0.2) is 11.9 Å². The molecule has 1 aromatic rings. The number of carbonyl (C=O) groups is 1. The predicted molar refractivity (Wildman–Crippen MR) is 71.9 cm³/mol. The highest BCUT2D eigenvalue weighted by atomic mass is 16.1. The molecule has 0 aliphatic carbocycles. The van der Waals surface area contributed by atoms with Crippen molar-refractivity contribution in [2.45, 2.75) is 47.1 Å². The van der Waals surface area contributed by atoms with Crippen LogP contribution in [0.3, 0.4) is 0 Å². The van der Waals surface area contributed by atoms with Crippen molar-refractivity contribution in [3.05, 3.63) is 35.4 Å². The van der Waals surface area contributed by atoms with Gasteiger partial charge in [-0.05, 0) is 30.4 Å². The number of nitrogens with one attached hydrogen (secondary N) is 1. The van der Waals surface area contributed by atoms with Crippen molar-refractivity contribution >= 4 is 5.91 Å². The topological polar surface area (TPSA) is 29.1 Å². The summed E-state index contributed by atoms with van der Waals surface area (Å²) < 4.78 is 0. The van der Waals surface area contributed by atoms with E-state index in [0.717, 1.165) is 5.56 Å². The Balaban J connectivity index is 2.60. The Bertz CT molecular complexity index is 390. The highest BCUT2D eigenvalue weighted by Crippen LogP contribution is 2.18. The number of benzene rings is 1. The van der Waals surface area contributed by atoms with Gasteiger partial charge < -0.3 is 5.32 Å². The van der Waals surface area contributed by atoms with Gasteiger partial charge in [-0.25, -0.2) is 0 Å². The van der Waals surface area contributed by atoms with Crippen LogP contribution in [0.5, 0.6) is 0 Å². The van der Waals surface area contributed by atoms with Crippen LogP contribution >= 0.6 is 0 Å². The quantitative estimate of drug-likeness (QED) is 0.854. The second kappa shape index (κ2) is 5.35. The molecule has 0 aliphatic rings. The number of rotatable bonds is 3. The second-order valence-corrected chi connectivity index (χ2v) is 5.76. The lowest BCUT2D eigenvalue weighted by molar-refractivity contribution is -0.121. The lowest BCUT2D eigenvalue weighted by Crippen LogP contribution is -2.42. The number of carbonyl (C=O) groups excluding carboxylic acids is 1. The van der Waals surface area contributed by atoms with Gasteiger partial charge in [0.1, 0.15) is 0 Å². The largest absolute Gasteiger partial charge is 0.353 e. The standard InChI is InChI=1S/C15H23NO/c1-11-8-6-7-9-13(11)10-14(17)16-12(2)15(3,4)5/h6-9,12H,10H2,1-5H3,(H,16,17)/t12-/m0/s1. The summed E-state index contributed by atoms with van der Waals surface area (Å²) in [7, 11) is 0. The molecule has 0 aromatic heterocycles. The Morgan fingerprint density at radius 3 is 2.41 bits per heavy atom. The van der Waals surface area contributed by atoms with Crippen LogP contribution in [0.15, 0.2) is 24.3 Å². The first kappa shape index (κ1) is 13.8. The van der Waals surface area contributed by atoms with Crippen LogP contribution < -0.4 is 5.32 Å². The third-order valence-electron chi connectivity index (χ3n) is 3.29. The van der Waals surface area contributed by atoms with Crippen molar-refractivity contribution in [3.63, 3.8) is 0 Å². The zero-order chi connectivity index (χ0) is 13.1. The van der Waals surface area contributed by atoms with E-state index in [1.54, 1.807) is 0 Å². The Morgan fingerprint density at radius 1 is 1.29 bits per heavy atom. The van der Waals surface area contributed by atoms with Crippen molar-refractivity contribution < 1.29 is 4.79 Å². The summed E-state index contributed by atoms with van der Waals surface area (Å²) in [6.45, 7) is 10.5. The lowest BCUT2D eigenvalue weighted by Gasteiger charge is -2.28. The molecule has 0 bridgehead atoms. The molecule has 0 saturated carbocycles. The Kier molecular flexibility index (Phi) is 4.33. The molecule has 2 nitrogen and oxygen atoms in total. The lowest BCUT2D eigenvalue weighted by atomic mass is 9.88. The maximum absolute atomic E-state index is 11.9. The molecule has 1 N–H and O–H groups in total. The summed E-state index contributed by atoms with van der Waals surface area (Å²) in [6, 6.07) is 8.20. The summed E-state index contributed by atoms with van der Waals surface area (Å²) in [6.07, 6.45) is 0.465. The highest BCUT2D eigenvalue weighted by molar-refractivity contribution is 5.79. The fraction of sp³-hybridized carbons (Fsp3) is 0.533. The minimum atomic E-state index is 0.0986. The van der Waals surface area contributed by atoms with E-state index >= 15 is 0 Å². The van der Waals surface area contributed by atoms with E-state index in [-0.39, 0.29) is 17.4 Å². The molecule has 0 heterocycles. The summed E-state index contributed by atoms with van der Waals surface area (Å²) in [5.74, 6) is 0.0988. The molecule has 94 valence electrons. The Hall–Kier alpha value is -1.31. The van der Waals surface area contributed by atoms with Gasteiger partial charge in [-0.3, -0.25) is 4.79 Å². The maximum Gasteiger partial charge on any atom is 0.224 e. The van der Waals surface area contributed by atoms with E-state index in [4.69, 9.17) is 0 Å². The van der Waals surface area contributed by atoms with Crippen molar-refractivity contribution in [2.24, 2.45) is 5.41 Å². The normalized spacial score (nSPS) is 13.2. The van der Waals surface area contributed by atoms with Gasteiger partial charge in [-0.1, -0.05) is 45.0 Å². The van der Waals surface area contributed by atoms with E-state index in [9.17, 15) is 4.79 Å². The number of hydrogen-bond donors (Lipinski definition) is 1. The molecule has 1 aromatic carbocycles. The molecule has 1 atom stereocenters.